The Morgan fingerprint density at radius 2 is 1.77 bits per heavy atom. The van der Waals surface area contributed by atoms with Crippen molar-refractivity contribution in [1.82, 2.24) is 4.98 Å². The number of hydrogen-bond acceptors (Lipinski definition) is 8. The molecule has 7 nitrogen and oxygen atoms in total. The van der Waals surface area contributed by atoms with E-state index in [4.69, 9.17) is 4.42 Å². The summed E-state index contributed by atoms with van der Waals surface area (Å²) < 4.78 is 7.12. The fraction of sp³-hybridized carbons (Fsp3) is 0. The Kier molecular flexibility index (Phi) is 4.34. The minimum absolute atomic E-state index is 0.0153. The maximum absolute atomic E-state index is 12.5. The van der Waals surface area contributed by atoms with Gasteiger partial charge in [-0.3, -0.25) is 19.7 Å². The molecule has 0 unspecified atom stereocenters. The first kappa shape index (κ1) is 18.5. The predicted octanol–water partition coefficient (Wildman–Crippen LogP) is 5.41. The van der Waals surface area contributed by atoms with Crippen LogP contribution in [0.3, 0.4) is 0 Å². The van der Waals surface area contributed by atoms with Gasteiger partial charge in [0.25, 0.3) is 5.69 Å². The quantitative estimate of drug-likeness (QED) is 0.183. The van der Waals surface area contributed by atoms with Gasteiger partial charge in [0, 0.05) is 23.3 Å². The van der Waals surface area contributed by atoms with Crippen LogP contribution in [0.5, 0.6) is 0 Å². The van der Waals surface area contributed by atoms with Gasteiger partial charge in [0.1, 0.15) is 5.76 Å². The number of carbonyl (C=O) groups excluding carboxylic acids is 2. The Morgan fingerprint density at radius 1 is 1.03 bits per heavy atom. The number of aromatic nitrogens is 1. The first-order valence-electron chi connectivity index (χ1n) is 8.72. The molecule has 30 heavy (non-hydrogen) atoms. The number of hydrogen-bond donors (Lipinski definition) is 0. The van der Waals surface area contributed by atoms with Crippen LogP contribution in [0.1, 0.15) is 26.5 Å². The molecule has 0 saturated carbocycles. The molecule has 4 aromatic rings. The van der Waals surface area contributed by atoms with E-state index >= 15 is 0 Å². The third kappa shape index (κ3) is 3.14. The molecule has 2 aromatic carbocycles. The second kappa shape index (κ2) is 7.05. The molecular weight excluding hydrogens is 424 g/mol. The summed E-state index contributed by atoms with van der Waals surface area (Å²) in [7, 11) is 0. The van der Waals surface area contributed by atoms with Gasteiger partial charge >= 0.3 is 0 Å². The number of ketones is 2. The van der Waals surface area contributed by atoms with Gasteiger partial charge in [0.15, 0.2) is 21.0 Å². The smallest absolute Gasteiger partial charge is 0.270 e. The summed E-state index contributed by atoms with van der Waals surface area (Å²) in [5, 5.41) is 11.5. The number of Topliss-reactive ketones (excluding diaryl/α,β-unsaturated/α-hetero) is 2. The van der Waals surface area contributed by atoms with Crippen molar-refractivity contribution in [3.8, 4) is 0 Å². The average molecular weight is 434 g/mol. The lowest BCUT2D eigenvalue weighted by molar-refractivity contribution is -0.384. The molecule has 2 heterocycles. The lowest BCUT2D eigenvalue weighted by atomic mass is 10.1. The summed E-state index contributed by atoms with van der Waals surface area (Å²) in [4.78, 5) is 39.9. The van der Waals surface area contributed by atoms with Crippen molar-refractivity contribution in [2.24, 2.45) is 0 Å². The van der Waals surface area contributed by atoms with Crippen molar-refractivity contribution in [3.05, 3.63) is 87.2 Å². The van der Waals surface area contributed by atoms with E-state index in [0.717, 1.165) is 0 Å². The highest BCUT2D eigenvalue weighted by Gasteiger charge is 2.32. The zero-order chi connectivity index (χ0) is 20.8. The Labute approximate surface area is 177 Å². The van der Waals surface area contributed by atoms with Crippen molar-refractivity contribution in [1.29, 1.82) is 0 Å². The van der Waals surface area contributed by atoms with Crippen LogP contribution in [0.2, 0.25) is 0 Å². The molecule has 1 aliphatic rings. The molecule has 0 spiro atoms. The molecule has 2 aromatic heterocycles. The van der Waals surface area contributed by atoms with Crippen LogP contribution >= 0.6 is 23.1 Å². The van der Waals surface area contributed by atoms with Crippen LogP contribution in [-0.2, 0) is 0 Å². The maximum atomic E-state index is 12.5. The van der Waals surface area contributed by atoms with Gasteiger partial charge in [-0.15, -0.1) is 11.3 Å². The molecular formula is C21H10N2O5S2. The van der Waals surface area contributed by atoms with Crippen molar-refractivity contribution < 1.29 is 18.9 Å². The zero-order valence-electron chi connectivity index (χ0n) is 15.0. The van der Waals surface area contributed by atoms with E-state index in [0.29, 0.717) is 36.5 Å². The monoisotopic (exact) mass is 434 g/mol. The van der Waals surface area contributed by atoms with E-state index in [1.807, 2.05) is 0 Å². The lowest BCUT2D eigenvalue weighted by Gasteiger charge is -1.93. The SMILES string of the molecule is O=C1C(=Cc2ccc(Sc3nc4ccc([N+](=O)[O-])cc4s3)o2)C(=O)c2ccccc21. The molecule has 0 bridgehead atoms. The van der Waals surface area contributed by atoms with Crippen LogP contribution in [0.15, 0.2) is 74.0 Å². The van der Waals surface area contributed by atoms with Crippen molar-refractivity contribution in [2.45, 2.75) is 9.43 Å². The standard InChI is InChI=1S/C21H10N2O5S2/c24-19-13-3-1-2-4-14(13)20(25)15(19)10-12-6-8-18(28-12)30-21-22-16-7-5-11(23(26)27)9-17(16)29-21/h1-10H. The molecule has 0 saturated heterocycles. The van der Waals surface area contributed by atoms with Crippen molar-refractivity contribution in [3.63, 3.8) is 0 Å². The molecule has 1 aliphatic carbocycles. The molecule has 146 valence electrons. The minimum Gasteiger partial charge on any atom is -0.450 e. The first-order valence-corrected chi connectivity index (χ1v) is 10.4. The number of nitro groups is 1. The van der Waals surface area contributed by atoms with E-state index in [1.54, 1.807) is 42.5 Å². The number of nitro benzene ring substituents is 1. The summed E-state index contributed by atoms with van der Waals surface area (Å²) >= 11 is 2.59. The second-order valence-electron chi connectivity index (χ2n) is 6.41. The number of benzene rings is 2. The number of non-ortho nitro benzene ring substituents is 1. The van der Waals surface area contributed by atoms with Gasteiger partial charge in [-0.25, -0.2) is 4.98 Å². The van der Waals surface area contributed by atoms with Gasteiger partial charge in [0.2, 0.25) is 0 Å². The van der Waals surface area contributed by atoms with Gasteiger partial charge < -0.3 is 4.42 Å². The van der Waals surface area contributed by atoms with Gasteiger partial charge in [-0.2, -0.15) is 0 Å². The largest absolute Gasteiger partial charge is 0.450 e. The lowest BCUT2D eigenvalue weighted by Crippen LogP contribution is -1.99. The molecule has 0 fully saturated rings. The van der Waals surface area contributed by atoms with E-state index in [1.165, 1.54) is 41.3 Å². The summed E-state index contributed by atoms with van der Waals surface area (Å²) in [5.41, 5.74) is 1.56. The third-order valence-electron chi connectivity index (χ3n) is 4.55. The number of carbonyl (C=O) groups is 2. The topological polar surface area (TPSA) is 103 Å². The molecule has 0 atom stereocenters. The van der Waals surface area contributed by atoms with Gasteiger partial charge in [-0.1, -0.05) is 24.3 Å². The van der Waals surface area contributed by atoms with Gasteiger partial charge in [-0.05, 0) is 36.0 Å². The number of thiazole rings is 1. The Bertz CT molecular complexity index is 1360. The summed E-state index contributed by atoms with van der Waals surface area (Å²) in [5.74, 6) is -0.235. The van der Waals surface area contributed by atoms with Gasteiger partial charge in [0.05, 0.1) is 20.7 Å². The number of allylic oxidation sites excluding steroid dienone is 1. The minimum atomic E-state index is -0.442. The van der Waals surface area contributed by atoms with Crippen LogP contribution in [-0.4, -0.2) is 21.5 Å². The number of rotatable bonds is 4. The fourth-order valence-electron chi connectivity index (χ4n) is 3.15. The average Bonchev–Trinajstić information content (AvgIpc) is 3.41. The third-order valence-corrected chi connectivity index (χ3v) is 6.54. The van der Waals surface area contributed by atoms with Crippen LogP contribution in [0.4, 0.5) is 5.69 Å². The normalized spacial score (nSPS) is 13.1. The Morgan fingerprint density at radius 3 is 2.47 bits per heavy atom. The highest BCUT2D eigenvalue weighted by Crippen LogP contribution is 2.37. The Balaban J connectivity index is 1.40. The molecule has 9 heteroatoms. The second-order valence-corrected chi connectivity index (χ2v) is 8.69. The first-order chi connectivity index (χ1) is 14.5. The fourth-order valence-corrected chi connectivity index (χ4v) is 5.15. The van der Waals surface area contributed by atoms with Crippen LogP contribution < -0.4 is 0 Å². The van der Waals surface area contributed by atoms with E-state index in [-0.39, 0.29) is 22.8 Å². The van der Waals surface area contributed by atoms with E-state index in [9.17, 15) is 19.7 Å². The molecule has 0 amide bonds. The van der Waals surface area contributed by atoms with E-state index in [2.05, 4.69) is 4.98 Å². The molecule has 0 radical (unpaired) electrons. The molecule has 0 aliphatic heterocycles. The molecule has 5 rings (SSSR count). The van der Waals surface area contributed by atoms with Crippen LogP contribution in [0.25, 0.3) is 16.3 Å². The summed E-state index contributed by atoms with van der Waals surface area (Å²) in [6, 6.07) is 14.6. The highest BCUT2D eigenvalue weighted by molar-refractivity contribution is 8.01. The van der Waals surface area contributed by atoms with Crippen LogP contribution in [0, 0.1) is 10.1 Å². The number of fused-ring (bicyclic) bond motifs is 2. The Hall–Kier alpha value is -3.56. The number of nitrogens with zero attached hydrogens (tertiary/aromatic N) is 2. The van der Waals surface area contributed by atoms with E-state index < -0.39 is 4.92 Å². The molecule has 0 N–H and O–H groups in total. The van der Waals surface area contributed by atoms with Crippen molar-refractivity contribution in [2.75, 3.05) is 0 Å². The summed E-state index contributed by atoms with van der Waals surface area (Å²) in [6.07, 6.45) is 1.45. The highest BCUT2D eigenvalue weighted by atomic mass is 32.2. The summed E-state index contributed by atoms with van der Waals surface area (Å²) in [6.45, 7) is 0. The predicted molar refractivity (Wildman–Crippen MR) is 112 cm³/mol. The maximum Gasteiger partial charge on any atom is 0.270 e. The number of furan rings is 1. The zero-order valence-corrected chi connectivity index (χ0v) is 16.7. The van der Waals surface area contributed by atoms with Crippen molar-refractivity contribution >= 4 is 56.6 Å².